The SMILES string of the molecule is COc1ccc2oc(C(=O)Nc3ccccc3C(C)(C)C)c(C)c2c1. The van der Waals surface area contributed by atoms with Gasteiger partial charge in [0.2, 0.25) is 0 Å². The van der Waals surface area contributed by atoms with Crippen molar-refractivity contribution in [2.75, 3.05) is 12.4 Å². The summed E-state index contributed by atoms with van der Waals surface area (Å²) in [5, 5.41) is 3.88. The molecule has 2 aromatic carbocycles. The van der Waals surface area contributed by atoms with Crippen molar-refractivity contribution in [2.45, 2.75) is 33.1 Å². The third-order valence-corrected chi connectivity index (χ3v) is 4.33. The third kappa shape index (κ3) is 3.25. The molecular formula is C21H23NO3. The molecule has 0 unspecified atom stereocenters. The highest BCUT2D eigenvalue weighted by Crippen LogP contribution is 2.32. The van der Waals surface area contributed by atoms with Crippen molar-refractivity contribution in [3.8, 4) is 5.75 Å². The quantitative estimate of drug-likeness (QED) is 0.705. The van der Waals surface area contributed by atoms with E-state index in [0.717, 1.165) is 28.0 Å². The van der Waals surface area contributed by atoms with Crippen LogP contribution in [0.4, 0.5) is 5.69 Å². The van der Waals surface area contributed by atoms with Gasteiger partial charge in [-0.2, -0.15) is 0 Å². The Labute approximate surface area is 147 Å². The number of amides is 1. The Balaban J connectivity index is 1.98. The van der Waals surface area contributed by atoms with E-state index in [1.54, 1.807) is 7.11 Å². The minimum Gasteiger partial charge on any atom is -0.497 e. The number of carbonyl (C=O) groups is 1. The van der Waals surface area contributed by atoms with E-state index in [-0.39, 0.29) is 11.3 Å². The van der Waals surface area contributed by atoms with Crippen molar-refractivity contribution in [1.82, 2.24) is 0 Å². The van der Waals surface area contributed by atoms with Crippen LogP contribution in [0, 0.1) is 6.92 Å². The molecule has 0 radical (unpaired) electrons. The number of aryl methyl sites for hydroxylation is 1. The predicted molar refractivity (Wildman–Crippen MR) is 101 cm³/mol. The second-order valence-electron chi connectivity index (χ2n) is 7.17. The Bertz CT molecular complexity index is 932. The molecule has 3 rings (SSSR count). The highest BCUT2D eigenvalue weighted by Gasteiger charge is 2.22. The van der Waals surface area contributed by atoms with E-state index in [4.69, 9.17) is 9.15 Å². The number of para-hydroxylation sites is 1. The lowest BCUT2D eigenvalue weighted by atomic mass is 9.86. The number of fused-ring (bicyclic) bond motifs is 1. The molecule has 0 saturated heterocycles. The molecule has 1 N–H and O–H groups in total. The summed E-state index contributed by atoms with van der Waals surface area (Å²) in [6.45, 7) is 8.25. The van der Waals surface area contributed by atoms with E-state index >= 15 is 0 Å². The molecule has 1 aromatic heterocycles. The normalized spacial score (nSPS) is 11.6. The molecule has 0 aliphatic rings. The molecule has 0 spiro atoms. The molecule has 0 aliphatic carbocycles. The summed E-state index contributed by atoms with van der Waals surface area (Å²) in [4.78, 5) is 12.8. The first kappa shape index (κ1) is 17.1. The number of furan rings is 1. The average Bonchev–Trinajstić information content (AvgIpc) is 2.91. The standard InChI is InChI=1S/C21H23NO3/c1-13-15-12-14(24-5)10-11-18(15)25-19(13)20(23)22-17-9-7-6-8-16(17)21(2,3)4/h6-12H,1-5H3,(H,22,23). The fraction of sp³-hybridized carbons (Fsp3) is 0.286. The largest absolute Gasteiger partial charge is 0.497 e. The third-order valence-electron chi connectivity index (χ3n) is 4.33. The van der Waals surface area contributed by atoms with Gasteiger partial charge in [-0.05, 0) is 42.2 Å². The molecule has 0 aliphatic heterocycles. The lowest BCUT2D eigenvalue weighted by Gasteiger charge is -2.22. The van der Waals surface area contributed by atoms with Crippen LogP contribution in [0.1, 0.15) is 42.5 Å². The Morgan fingerprint density at radius 2 is 1.84 bits per heavy atom. The second kappa shape index (κ2) is 6.28. The van der Waals surface area contributed by atoms with Gasteiger partial charge in [0, 0.05) is 16.6 Å². The maximum absolute atomic E-state index is 12.8. The second-order valence-corrected chi connectivity index (χ2v) is 7.17. The number of anilines is 1. The molecule has 3 aromatic rings. The summed E-state index contributed by atoms with van der Waals surface area (Å²) in [6, 6.07) is 13.4. The van der Waals surface area contributed by atoms with E-state index in [1.165, 1.54) is 0 Å². The van der Waals surface area contributed by atoms with Crippen LogP contribution < -0.4 is 10.1 Å². The number of benzene rings is 2. The van der Waals surface area contributed by atoms with Crippen LogP contribution in [0.2, 0.25) is 0 Å². The Morgan fingerprint density at radius 3 is 2.52 bits per heavy atom. The van der Waals surface area contributed by atoms with Crippen LogP contribution in [0.5, 0.6) is 5.75 Å². The van der Waals surface area contributed by atoms with Gasteiger partial charge in [0.25, 0.3) is 5.91 Å². The highest BCUT2D eigenvalue weighted by atomic mass is 16.5. The number of ether oxygens (including phenoxy) is 1. The van der Waals surface area contributed by atoms with Gasteiger partial charge in [-0.3, -0.25) is 4.79 Å². The van der Waals surface area contributed by atoms with Gasteiger partial charge < -0.3 is 14.5 Å². The lowest BCUT2D eigenvalue weighted by Crippen LogP contribution is -2.18. The van der Waals surface area contributed by atoms with Crippen LogP contribution in [-0.4, -0.2) is 13.0 Å². The van der Waals surface area contributed by atoms with Crippen molar-refractivity contribution in [3.05, 3.63) is 59.4 Å². The fourth-order valence-electron chi connectivity index (χ4n) is 2.97. The predicted octanol–water partition coefficient (Wildman–Crippen LogP) is 5.30. The van der Waals surface area contributed by atoms with Gasteiger partial charge in [0.1, 0.15) is 11.3 Å². The van der Waals surface area contributed by atoms with Gasteiger partial charge in [-0.15, -0.1) is 0 Å². The molecule has 1 amide bonds. The van der Waals surface area contributed by atoms with Gasteiger partial charge in [0.15, 0.2) is 5.76 Å². The Hall–Kier alpha value is -2.75. The zero-order valence-corrected chi connectivity index (χ0v) is 15.3. The molecule has 1 heterocycles. The maximum atomic E-state index is 12.8. The fourth-order valence-corrected chi connectivity index (χ4v) is 2.97. The minimum absolute atomic E-state index is 0.0693. The molecule has 25 heavy (non-hydrogen) atoms. The Kier molecular flexibility index (Phi) is 4.29. The van der Waals surface area contributed by atoms with Gasteiger partial charge >= 0.3 is 0 Å². The maximum Gasteiger partial charge on any atom is 0.291 e. The molecular weight excluding hydrogens is 314 g/mol. The van der Waals surface area contributed by atoms with Crippen LogP contribution in [0.25, 0.3) is 11.0 Å². The van der Waals surface area contributed by atoms with Crippen LogP contribution in [0.15, 0.2) is 46.9 Å². The first-order valence-electron chi connectivity index (χ1n) is 8.29. The Morgan fingerprint density at radius 1 is 1.12 bits per heavy atom. The van der Waals surface area contributed by atoms with Crippen molar-refractivity contribution in [1.29, 1.82) is 0 Å². The summed E-state index contributed by atoms with van der Waals surface area (Å²) in [5.41, 5.74) is 3.29. The van der Waals surface area contributed by atoms with Crippen LogP contribution in [-0.2, 0) is 5.41 Å². The lowest BCUT2D eigenvalue weighted by molar-refractivity contribution is 0.0997. The zero-order valence-electron chi connectivity index (χ0n) is 15.3. The molecule has 0 bridgehead atoms. The van der Waals surface area contributed by atoms with Crippen LogP contribution >= 0.6 is 0 Å². The average molecular weight is 337 g/mol. The number of nitrogens with one attached hydrogen (secondary N) is 1. The number of methoxy groups -OCH3 is 1. The minimum atomic E-state index is -0.246. The number of rotatable bonds is 3. The number of hydrogen-bond acceptors (Lipinski definition) is 3. The molecule has 0 saturated carbocycles. The summed E-state index contributed by atoms with van der Waals surface area (Å²) in [7, 11) is 1.62. The summed E-state index contributed by atoms with van der Waals surface area (Å²) < 4.78 is 11.0. The van der Waals surface area contributed by atoms with Gasteiger partial charge in [0.05, 0.1) is 7.11 Å². The molecule has 0 fully saturated rings. The molecule has 0 atom stereocenters. The molecule has 130 valence electrons. The van der Waals surface area contributed by atoms with Crippen molar-refractivity contribution >= 4 is 22.6 Å². The summed E-state index contributed by atoms with van der Waals surface area (Å²) in [6.07, 6.45) is 0. The zero-order chi connectivity index (χ0) is 18.2. The molecule has 4 heteroatoms. The first-order valence-corrected chi connectivity index (χ1v) is 8.29. The smallest absolute Gasteiger partial charge is 0.291 e. The monoisotopic (exact) mass is 337 g/mol. The highest BCUT2D eigenvalue weighted by molar-refractivity contribution is 6.07. The van der Waals surface area contributed by atoms with Gasteiger partial charge in [-0.25, -0.2) is 0 Å². The number of hydrogen-bond donors (Lipinski definition) is 1. The summed E-state index contributed by atoms with van der Waals surface area (Å²) in [5.74, 6) is 0.817. The van der Waals surface area contributed by atoms with E-state index in [2.05, 4.69) is 26.1 Å². The van der Waals surface area contributed by atoms with E-state index in [1.807, 2.05) is 49.4 Å². The number of carbonyl (C=O) groups excluding carboxylic acids is 1. The summed E-state index contributed by atoms with van der Waals surface area (Å²) >= 11 is 0. The van der Waals surface area contributed by atoms with Crippen molar-refractivity contribution < 1.29 is 13.9 Å². The van der Waals surface area contributed by atoms with Crippen molar-refractivity contribution in [3.63, 3.8) is 0 Å². The van der Waals surface area contributed by atoms with Crippen molar-refractivity contribution in [2.24, 2.45) is 0 Å². The van der Waals surface area contributed by atoms with E-state index in [9.17, 15) is 4.79 Å². The molecule has 4 nitrogen and oxygen atoms in total. The first-order chi connectivity index (χ1) is 11.8. The van der Waals surface area contributed by atoms with E-state index < -0.39 is 0 Å². The van der Waals surface area contributed by atoms with E-state index in [0.29, 0.717) is 11.3 Å². The van der Waals surface area contributed by atoms with Gasteiger partial charge in [-0.1, -0.05) is 39.0 Å². The van der Waals surface area contributed by atoms with Crippen LogP contribution in [0.3, 0.4) is 0 Å². The topological polar surface area (TPSA) is 51.5 Å².